The van der Waals surface area contributed by atoms with Gasteiger partial charge in [0.1, 0.15) is 0 Å². The van der Waals surface area contributed by atoms with E-state index < -0.39 is 0 Å². The molecule has 0 aliphatic heterocycles. The minimum absolute atomic E-state index is 0.122. The van der Waals surface area contributed by atoms with Gasteiger partial charge in [0.2, 0.25) is 5.91 Å². The molecule has 2 aliphatic rings. The van der Waals surface area contributed by atoms with E-state index in [-0.39, 0.29) is 5.91 Å². The third-order valence-corrected chi connectivity index (χ3v) is 4.28. The molecule has 2 saturated carbocycles. The van der Waals surface area contributed by atoms with Gasteiger partial charge in [0, 0.05) is 13.5 Å². The summed E-state index contributed by atoms with van der Waals surface area (Å²) in [7, 11) is 3.22. The topological polar surface area (TPSA) is 29.5 Å². The van der Waals surface area contributed by atoms with E-state index in [0.29, 0.717) is 12.3 Å². The molecule has 2 fully saturated rings. The van der Waals surface area contributed by atoms with Gasteiger partial charge < -0.3 is 0 Å². The molecule has 0 N–H and O–H groups in total. The number of amides is 1. The van der Waals surface area contributed by atoms with Gasteiger partial charge in [-0.15, -0.1) is 0 Å². The van der Waals surface area contributed by atoms with Crippen LogP contribution in [-0.4, -0.2) is 25.1 Å². The lowest BCUT2D eigenvalue weighted by Crippen LogP contribution is -2.28. The number of hydroxylamine groups is 2. The van der Waals surface area contributed by atoms with Crippen LogP contribution in [0.5, 0.6) is 0 Å². The van der Waals surface area contributed by atoms with Gasteiger partial charge in [0.05, 0.1) is 7.11 Å². The highest BCUT2D eigenvalue weighted by Crippen LogP contribution is 2.55. The quantitative estimate of drug-likeness (QED) is 0.666. The molecule has 0 aromatic heterocycles. The maximum absolute atomic E-state index is 11.6. The molecular formula is C12H21NO2. The molecule has 3 unspecified atom stereocenters. The first-order valence-electron chi connectivity index (χ1n) is 5.94. The van der Waals surface area contributed by atoms with E-state index in [1.54, 1.807) is 7.05 Å². The van der Waals surface area contributed by atoms with E-state index in [1.807, 2.05) is 0 Å². The van der Waals surface area contributed by atoms with Crippen molar-refractivity contribution < 1.29 is 9.63 Å². The molecule has 3 nitrogen and oxygen atoms in total. The van der Waals surface area contributed by atoms with Crippen molar-refractivity contribution in [3.8, 4) is 0 Å². The van der Waals surface area contributed by atoms with Gasteiger partial charge in [-0.1, -0.05) is 13.3 Å². The third kappa shape index (κ3) is 2.17. The summed E-state index contributed by atoms with van der Waals surface area (Å²) in [6.07, 6.45) is 4.72. The van der Waals surface area contributed by atoms with Gasteiger partial charge in [0.25, 0.3) is 0 Å². The van der Waals surface area contributed by atoms with Gasteiger partial charge in [-0.25, -0.2) is 5.06 Å². The number of hydrogen-bond acceptors (Lipinski definition) is 2. The Kier molecular flexibility index (Phi) is 3.01. The summed E-state index contributed by atoms with van der Waals surface area (Å²) in [4.78, 5) is 16.5. The molecule has 0 aromatic rings. The van der Waals surface area contributed by atoms with Crippen LogP contribution in [0.4, 0.5) is 0 Å². The number of rotatable bonds is 4. The Morgan fingerprint density at radius 2 is 2.13 bits per heavy atom. The summed E-state index contributed by atoms with van der Waals surface area (Å²) >= 11 is 0. The Morgan fingerprint density at radius 3 is 2.60 bits per heavy atom. The molecule has 1 amide bonds. The predicted octanol–water partition coefficient (Wildman–Crippen LogP) is 2.08. The highest BCUT2D eigenvalue weighted by Gasteiger charge is 2.48. The summed E-state index contributed by atoms with van der Waals surface area (Å²) in [5, 5.41) is 1.35. The molecule has 0 aromatic carbocycles. The Bertz CT molecular complexity index is 254. The lowest BCUT2D eigenvalue weighted by atomic mass is 9.71. The average molecular weight is 211 g/mol. The van der Waals surface area contributed by atoms with Crippen LogP contribution < -0.4 is 0 Å². The average Bonchev–Trinajstić information content (AvgIpc) is 2.93. The normalized spacial score (nSPS) is 38.3. The fourth-order valence-electron chi connectivity index (χ4n) is 2.81. The third-order valence-electron chi connectivity index (χ3n) is 4.28. The van der Waals surface area contributed by atoms with Crippen LogP contribution in [0.2, 0.25) is 0 Å². The molecular weight excluding hydrogens is 190 g/mol. The van der Waals surface area contributed by atoms with Gasteiger partial charge in [0.15, 0.2) is 0 Å². The Hall–Kier alpha value is -0.570. The van der Waals surface area contributed by atoms with Gasteiger partial charge in [-0.3, -0.25) is 9.63 Å². The minimum atomic E-state index is 0.122. The van der Waals surface area contributed by atoms with Gasteiger partial charge in [-0.2, -0.15) is 0 Å². The Balaban J connectivity index is 1.72. The molecule has 86 valence electrons. The molecule has 2 rings (SSSR count). The van der Waals surface area contributed by atoms with Crippen LogP contribution in [0.1, 0.15) is 32.6 Å². The standard InChI is InChI=1S/C12H21NO2/c1-8-4-5-10(8)11-6-9(11)7-12(14)13(2)15-3/h8-11H,4-7H2,1-3H3/t8?,9?,10?,11-/m0/s1. The minimum Gasteiger partial charge on any atom is -0.275 e. The molecule has 0 spiro atoms. The lowest BCUT2D eigenvalue weighted by molar-refractivity contribution is -0.169. The summed E-state index contributed by atoms with van der Waals surface area (Å²) in [6.45, 7) is 2.34. The second-order valence-electron chi connectivity index (χ2n) is 5.16. The summed E-state index contributed by atoms with van der Waals surface area (Å²) in [5.41, 5.74) is 0. The monoisotopic (exact) mass is 211 g/mol. The van der Waals surface area contributed by atoms with Crippen LogP contribution in [0.3, 0.4) is 0 Å². The van der Waals surface area contributed by atoms with Crippen molar-refractivity contribution in [3.63, 3.8) is 0 Å². The SMILES string of the molecule is CON(C)C(=O)CC1C[C@@H]1C1CCC1C. The molecule has 15 heavy (non-hydrogen) atoms. The second kappa shape index (κ2) is 4.12. The molecule has 2 aliphatic carbocycles. The molecule has 0 saturated heterocycles. The van der Waals surface area contributed by atoms with E-state index in [2.05, 4.69) is 6.92 Å². The maximum Gasteiger partial charge on any atom is 0.246 e. The summed E-state index contributed by atoms with van der Waals surface area (Å²) in [5.74, 6) is 3.41. The highest BCUT2D eigenvalue weighted by atomic mass is 16.7. The Morgan fingerprint density at radius 1 is 1.40 bits per heavy atom. The summed E-state index contributed by atoms with van der Waals surface area (Å²) < 4.78 is 0. The highest BCUT2D eigenvalue weighted by molar-refractivity contribution is 5.75. The van der Waals surface area contributed by atoms with E-state index in [4.69, 9.17) is 4.84 Å². The van der Waals surface area contributed by atoms with Crippen molar-refractivity contribution in [1.82, 2.24) is 5.06 Å². The zero-order valence-corrected chi connectivity index (χ0v) is 9.90. The van der Waals surface area contributed by atoms with Crippen molar-refractivity contribution >= 4 is 5.91 Å². The zero-order valence-electron chi connectivity index (χ0n) is 9.90. The van der Waals surface area contributed by atoms with Gasteiger partial charge in [-0.05, 0) is 36.5 Å². The van der Waals surface area contributed by atoms with Gasteiger partial charge >= 0.3 is 0 Å². The molecule has 0 heterocycles. The number of nitrogens with zero attached hydrogens (tertiary/aromatic N) is 1. The van der Waals surface area contributed by atoms with Crippen molar-refractivity contribution in [2.75, 3.05) is 14.2 Å². The number of carbonyl (C=O) groups excluding carboxylic acids is 1. The smallest absolute Gasteiger partial charge is 0.246 e. The van der Waals surface area contributed by atoms with Crippen LogP contribution in [0, 0.1) is 23.7 Å². The second-order valence-corrected chi connectivity index (χ2v) is 5.16. The molecule has 0 radical (unpaired) electrons. The van der Waals surface area contributed by atoms with E-state index in [1.165, 1.54) is 31.4 Å². The fraction of sp³-hybridized carbons (Fsp3) is 0.917. The zero-order chi connectivity index (χ0) is 11.0. The maximum atomic E-state index is 11.6. The van der Waals surface area contributed by atoms with Crippen molar-refractivity contribution in [1.29, 1.82) is 0 Å². The van der Waals surface area contributed by atoms with Crippen molar-refractivity contribution in [2.24, 2.45) is 23.7 Å². The Labute approximate surface area is 91.7 Å². The first-order chi connectivity index (χ1) is 7.13. The summed E-state index contributed by atoms with van der Waals surface area (Å²) in [6, 6.07) is 0. The largest absolute Gasteiger partial charge is 0.275 e. The van der Waals surface area contributed by atoms with Crippen LogP contribution in [0.15, 0.2) is 0 Å². The fourth-order valence-corrected chi connectivity index (χ4v) is 2.81. The predicted molar refractivity (Wildman–Crippen MR) is 57.9 cm³/mol. The van der Waals surface area contributed by atoms with E-state index in [0.717, 1.165) is 17.8 Å². The van der Waals surface area contributed by atoms with Crippen LogP contribution >= 0.6 is 0 Å². The van der Waals surface area contributed by atoms with E-state index >= 15 is 0 Å². The van der Waals surface area contributed by atoms with Crippen molar-refractivity contribution in [2.45, 2.75) is 32.6 Å². The number of carbonyl (C=O) groups is 1. The first-order valence-corrected chi connectivity index (χ1v) is 5.94. The first kappa shape index (κ1) is 10.9. The lowest BCUT2D eigenvalue weighted by Gasteiger charge is -2.34. The molecule has 0 bridgehead atoms. The van der Waals surface area contributed by atoms with Crippen LogP contribution in [-0.2, 0) is 9.63 Å². The molecule has 3 heteroatoms. The number of hydrogen-bond donors (Lipinski definition) is 0. The van der Waals surface area contributed by atoms with Crippen LogP contribution in [0.25, 0.3) is 0 Å². The molecule has 4 atom stereocenters. The van der Waals surface area contributed by atoms with E-state index in [9.17, 15) is 4.79 Å². The van der Waals surface area contributed by atoms with Crippen molar-refractivity contribution in [3.05, 3.63) is 0 Å².